The summed E-state index contributed by atoms with van der Waals surface area (Å²) < 4.78 is 2.00. The number of anilines is 3. The van der Waals surface area contributed by atoms with Gasteiger partial charge in [-0.1, -0.05) is 0 Å². The van der Waals surface area contributed by atoms with Gasteiger partial charge in [-0.15, -0.1) is 0 Å². The molecule has 0 spiro atoms. The minimum absolute atomic E-state index is 0.0807. The molecule has 156 valence electrons. The molecule has 1 saturated heterocycles. The standard InChI is InChI=1S/C21H26N8O/c1-21(2)13-25-19(30)16-10-14-11-24-20(27-18(14)29(16)21)26-17-5-4-15(12-23-17)28-8-3-6-22-7-9-28/h4-5,10-12,22H,3,6-9,13H2,1-2H3,(H,25,30)(H,23,24,26,27). The molecule has 3 aromatic rings. The third-order valence-corrected chi connectivity index (χ3v) is 5.75. The summed E-state index contributed by atoms with van der Waals surface area (Å²) in [6, 6.07) is 5.87. The third-order valence-electron chi connectivity index (χ3n) is 5.75. The molecule has 0 aliphatic carbocycles. The molecule has 3 N–H and O–H groups in total. The van der Waals surface area contributed by atoms with Crippen LogP contribution in [0.4, 0.5) is 17.5 Å². The molecule has 0 atom stereocenters. The van der Waals surface area contributed by atoms with Crippen LogP contribution in [0.2, 0.25) is 0 Å². The van der Waals surface area contributed by atoms with Gasteiger partial charge < -0.3 is 25.4 Å². The smallest absolute Gasteiger partial charge is 0.268 e. The molecule has 0 unspecified atom stereocenters. The normalized spacial score (nSPS) is 18.6. The highest BCUT2D eigenvalue weighted by Gasteiger charge is 2.33. The van der Waals surface area contributed by atoms with Gasteiger partial charge in [-0.05, 0) is 45.0 Å². The van der Waals surface area contributed by atoms with E-state index < -0.39 is 0 Å². The Labute approximate surface area is 174 Å². The number of rotatable bonds is 3. The van der Waals surface area contributed by atoms with Gasteiger partial charge in [0.15, 0.2) is 0 Å². The Balaban J connectivity index is 1.41. The van der Waals surface area contributed by atoms with Crippen molar-refractivity contribution in [2.75, 3.05) is 42.9 Å². The Morgan fingerprint density at radius 2 is 2.03 bits per heavy atom. The van der Waals surface area contributed by atoms with E-state index >= 15 is 0 Å². The number of amides is 1. The van der Waals surface area contributed by atoms with Crippen molar-refractivity contribution in [3.8, 4) is 0 Å². The van der Waals surface area contributed by atoms with Crippen LogP contribution in [0.15, 0.2) is 30.6 Å². The van der Waals surface area contributed by atoms with Crippen molar-refractivity contribution in [2.45, 2.75) is 25.8 Å². The van der Waals surface area contributed by atoms with Gasteiger partial charge in [0, 0.05) is 37.8 Å². The molecular formula is C21H26N8O. The van der Waals surface area contributed by atoms with Gasteiger partial charge in [0.25, 0.3) is 5.91 Å². The SMILES string of the molecule is CC1(C)CNC(=O)c2cc3cnc(Nc4ccc(N5CCCNCC5)cn4)nc3n21. The molecule has 5 heterocycles. The van der Waals surface area contributed by atoms with E-state index in [1.807, 2.05) is 22.9 Å². The minimum Gasteiger partial charge on any atom is -0.369 e. The van der Waals surface area contributed by atoms with Crippen molar-refractivity contribution in [3.63, 3.8) is 0 Å². The van der Waals surface area contributed by atoms with E-state index in [2.05, 4.69) is 50.7 Å². The molecule has 30 heavy (non-hydrogen) atoms. The zero-order valence-electron chi connectivity index (χ0n) is 17.3. The van der Waals surface area contributed by atoms with Gasteiger partial charge in [0.2, 0.25) is 5.95 Å². The molecule has 9 heteroatoms. The Hall–Kier alpha value is -3.20. The van der Waals surface area contributed by atoms with E-state index in [0.29, 0.717) is 24.0 Å². The van der Waals surface area contributed by atoms with Crippen LogP contribution in [-0.2, 0) is 5.54 Å². The fraction of sp³-hybridized carbons (Fsp3) is 0.429. The summed E-state index contributed by atoms with van der Waals surface area (Å²) in [5.74, 6) is 1.07. The topological polar surface area (TPSA) is 100 Å². The van der Waals surface area contributed by atoms with Gasteiger partial charge in [0.1, 0.15) is 17.2 Å². The minimum atomic E-state index is -0.265. The molecule has 0 bridgehead atoms. The predicted molar refractivity (Wildman–Crippen MR) is 116 cm³/mol. The van der Waals surface area contributed by atoms with Crippen molar-refractivity contribution in [2.24, 2.45) is 0 Å². The summed E-state index contributed by atoms with van der Waals surface area (Å²) in [6.45, 7) is 8.80. The lowest BCUT2D eigenvalue weighted by atomic mass is 10.0. The summed E-state index contributed by atoms with van der Waals surface area (Å²) in [5.41, 5.74) is 2.21. The summed E-state index contributed by atoms with van der Waals surface area (Å²) in [5, 5.41) is 10.4. The number of aromatic nitrogens is 4. The highest BCUT2D eigenvalue weighted by molar-refractivity contribution is 5.99. The van der Waals surface area contributed by atoms with Gasteiger partial charge in [-0.2, -0.15) is 4.98 Å². The second-order valence-corrected chi connectivity index (χ2v) is 8.45. The highest BCUT2D eigenvalue weighted by Crippen LogP contribution is 2.29. The second-order valence-electron chi connectivity index (χ2n) is 8.45. The molecule has 0 aromatic carbocycles. The fourth-order valence-corrected chi connectivity index (χ4v) is 4.16. The molecule has 2 aliphatic rings. The third kappa shape index (κ3) is 3.35. The number of nitrogens with zero attached hydrogens (tertiary/aromatic N) is 5. The zero-order valence-corrected chi connectivity index (χ0v) is 17.3. The van der Waals surface area contributed by atoms with Crippen LogP contribution in [0.25, 0.3) is 11.0 Å². The summed E-state index contributed by atoms with van der Waals surface area (Å²) in [4.78, 5) is 28.3. The number of carbonyl (C=O) groups is 1. The van der Waals surface area contributed by atoms with Gasteiger partial charge >= 0.3 is 0 Å². The van der Waals surface area contributed by atoms with Crippen molar-refractivity contribution in [1.29, 1.82) is 0 Å². The predicted octanol–water partition coefficient (Wildman–Crippen LogP) is 1.85. The van der Waals surface area contributed by atoms with Crippen molar-refractivity contribution in [1.82, 2.24) is 30.2 Å². The first-order valence-corrected chi connectivity index (χ1v) is 10.4. The summed E-state index contributed by atoms with van der Waals surface area (Å²) in [6.07, 6.45) is 4.76. The zero-order chi connectivity index (χ0) is 20.7. The first-order chi connectivity index (χ1) is 14.5. The lowest BCUT2D eigenvalue weighted by Gasteiger charge is -2.33. The number of hydrogen-bond acceptors (Lipinski definition) is 7. The Kier molecular flexibility index (Phi) is 4.54. The first-order valence-electron chi connectivity index (χ1n) is 10.4. The molecule has 0 radical (unpaired) electrons. The first kappa shape index (κ1) is 18.8. The lowest BCUT2D eigenvalue weighted by molar-refractivity contribution is 0.0891. The van der Waals surface area contributed by atoms with E-state index in [0.717, 1.165) is 49.3 Å². The Bertz CT molecular complexity index is 1080. The maximum absolute atomic E-state index is 12.3. The van der Waals surface area contributed by atoms with E-state index in [1.54, 1.807) is 6.20 Å². The van der Waals surface area contributed by atoms with E-state index in [-0.39, 0.29) is 11.4 Å². The Morgan fingerprint density at radius 3 is 2.87 bits per heavy atom. The van der Waals surface area contributed by atoms with Crippen LogP contribution in [0, 0.1) is 0 Å². The van der Waals surface area contributed by atoms with E-state index in [1.165, 1.54) is 0 Å². The maximum Gasteiger partial charge on any atom is 0.268 e. The number of fused-ring (bicyclic) bond motifs is 3. The second kappa shape index (κ2) is 7.24. The monoisotopic (exact) mass is 406 g/mol. The van der Waals surface area contributed by atoms with Crippen LogP contribution >= 0.6 is 0 Å². The van der Waals surface area contributed by atoms with E-state index in [9.17, 15) is 4.79 Å². The molecule has 1 amide bonds. The number of pyridine rings is 1. The van der Waals surface area contributed by atoms with Crippen LogP contribution < -0.4 is 20.9 Å². The largest absolute Gasteiger partial charge is 0.369 e. The van der Waals surface area contributed by atoms with Crippen molar-refractivity contribution in [3.05, 3.63) is 36.3 Å². The average Bonchev–Trinajstić information content (AvgIpc) is 2.93. The molecule has 9 nitrogen and oxygen atoms in total. The summed E-state index contributed by atoms with van der Waals surface area (Å²) in [7, 11) is 0. The molecule has 0 saturated carbocycles. The average molecular weight is 406 g/mol. The highest BCUT2D eigenvalue weighted by atomic mass is 16.2. The van der Waals surface area contributed by atoms with Crippen molar-refractivity contribution < 1.29 is 4.79 Å². The molecular weight excluding hydrogens is 380 g/mol. The molecule has 2 aliphatic heterocycles. The maximum atomic E-state index is 12.3. The summed E-state index contributed by atoms with van der Waals surface area (Å²) >= 11 is 0. The van der Waals surface area contributed by atoms with Gasteiger partial charge in [0.05, 0.1) is 17.4 Å². The quantitative estimate of drug-likeness (QED) is 0.610. The fourth-order valence-electron chi connectivity index (χ4n) is 4.16. The Morgan fingerprint density at radius 1 is 1.13 bits per heavy atom. The number of nitrogens with one attached hydrogen (secondary N) is 3. The van der Waals surface area contributed by atoms with Crippen molar-refractivity contribution >= 4 is 34.4 Å². The van der Waals surface area contributed by atoms with Crippen LogP contribution in [0.5, 0.6) is 0 Å². The number of carbonyl (C=O) groups excluding carboxylic acids is 1. The van der Waals surface area contributed by atoms with Crippen LogP contribution in [0.1, 0.15) is 30.8 Å². The molecule has 5 rings (SSSR count). The number of hydrogen-bond donors (Lipinski definition) is 3. The van der Waals surface area contributed by atoms with Gasteiger partial charge in [-0.3, -0.25) is 4.79 Å². The van der Waals surface area contributed by atoms with Gasteiger partial charge in [-0.25, -0.2) is 9.97 Å². The molecule has 1 fully saturated rings. The lowest BCUT2D eigenvalue weighted by Crippen LogP contribution is -2.48. The van der Waals surface area contributed by atoms with Crippen LogP contribution in [-0.4, -0.2) is 58.1 Å². The van der Waals surface area contributed by atoms with E-state index in [4.69, 9.17) is 4.98 Å². The molecule has 3 aromatic heterocycles. The van der Waals surface area contributed by atoms with Crippen LogP contribution in [0.3, 0.4) is 0 Å².